The van der Waals surface area contributed by atoms with E-state index in [9.17, 15) is 4.79 Å². The van der Waals surface area contributed by atoms with Crippen LogP contribution in [0.25, 0.3) is 0 Å². The standard InChI is InChI=1S/C13H16N4O/c1-9-12(17-8-16-9)7-15-11-4-2-10(3-5-11)6-13(14)18/h2-5,8,15H,6-7H2,1H3,(H2,14,18)(H,16,17). The summed E-state index contributed by atoms with van der Waals surface area (Å²) in [5.74, 6) is -0.317. The number of nitrogens with two attached hydrogens (primary N) is 1. The Morgan fingerprint density at radius 2 is 2.11 bits per heavy atom. The van der Waals surface area contributed by atoms with Crippen LogP contribution in [0.2, 0.25) is 0 Å². The molecule has 94 valence electrons. The monoisotopic (exact) mass is 244 g/mol. The Kier molecular flexibility index (Phi) is 3.62. The third-order valence-electron chi connectivity index (χ3n) is 2.73. The van der Waals surface area contributed by atoms with Gasteiger partial charge in [-0.1, -0.05) is 12.1 Å². The first-order valence-electron chi connectivity index (χ1n) is 5.75. The summed E-state index contributed by atoms with van der Waals surface area (Å²) in [6.45, 7) is 2.66. The van der Waals surface area contributed by atoms with Gasteiger partial charge in [0.1, 0.15) is 0 Å². The number of hydrogen-bond acceptors (Lipinski definition) is 3. The number of carbonyl (C=O) groups excluding carboxylic acids is 1. The summed E-state index contributed by atoms with van der Waals surface area (Å²) in [4.78, 5) is 18.0. The van der Waals surface area contributed by atoms with E-state index < -0.39 is 0 Å². The van der Waals surface area contributed by atoms with Gasteiger partial charge in [0.05, 0.1) is 25.0 Å². The molecule has 0 atom stereocenters. The number of aromatic nitrogens is 2. The highest BCUT2D eigenvalue weighted by Crippen LogP contribution is 2.11. The summed E-state index contributed by atoms with van der Waals surface area (Å²) in [5.41, 5.74) is 9.11. The zero-order valence-corrected chi connectivity index (χ0v) is 10.2. The van der Waals surface area contributed by atoms with Gasteiger partial charge >= 0.3 is 0 Å². The van der Waals surface area contributed by atoms with Gasteiger partial charge in [0.15, 0.2) is 0 Å². The number of rotatable bonds is 5. The largest absolute Gasteiger partial charge is 0.379 e. The summed E-state index contributed by atoms with van der Waals surface area (Å²) >= 11 is 0. The Balaban J connectivity index is 1.94. The van der Waals surface area contributed by atoms with Crippen LogP contribution in [0.4, 0.5) is 5.69 Å². The molecule has 0 radical (unpaired) electrons. The van der Waals surface area contributed by atoms with Crippen molar-refractivity contribution in [2.24, 2.45) is 5.73 Å². The topological polar surface area (TPSA) is 83.8 Å². The van der Waals surface area contributed by atoms with Crippen LogP contribution in [-0.2, 0) is 17.8 Å². The molecule has 1 aromatic heterocycles. The fourth-order valence-corrected chi connectivity index (χ4v) is 1.69. The van der Waals surface area contributed by atoms with Crippen molar-refractivity contribution in [1.82, 2.24) is 9.97 Å². The lowest BCUT2D eigenvalue weighted by Crippen LogP contribution is -2.13. The normalized spacial score (nSPS) is 10.3. The smallest absolute Gasteiger partial charge is 0.221 e. The summed E-state index contributed by atoms with van der Waals surface area (Å²) < 4.78 is 0. The molecular formula is C13H16N4O. The van der Waals surface area contributed by atoms with E-state index in [1.807, 2.05) is 31.2 Å². The molecular weight excluding hydrogens is 228 g/mol. The molecule has 0 saturated heterocycles. The van der Waals surface area contributed by atoms with Crippen molar-refractivity contribution in [3.05, 3.63) is 47.5 Å². The average Bonchev–Trinajstić information content (AvgIpc) is 2.73. The van der Waals surface area contributed by atoms with Gasteiger partial charge in [-0.3, -0.25) is 4.79 Å². The molecule has 1 aromatic carbocycles. The van der Waals surface area contributed by atoms with Crippen LogP contribution >= 0.6 is 0 Å². The van der Waals surface area contributed by atoms with Gasteiger partial charge in [-0.15, -0.1) is 0 Å². The first kappa shape index (κ1) is 12.2. The first-order valence-corrected chi connectivity index (χ1v) is 5.75. The molecule has 0 aliphatic carbocycles. The maximum Gasteiger partial charge on any atom is 0.221 e. The van der Waals surface area contributed by atoms with Crippen LogP contribution < -0.4 is 11.1 Å². The number of nitrogens with one attached hydrogen (secondary N) is 2. The van der Waals surface area contributed by atoms with Crippen molar-refractivity contribution in [3.63, 3.8) is 0 Å². The molecule has 5 nitrogen and oxygen atoms in total. The lowest BCUT2D eigenvalue weighted by molar-refractivity contribution is -0.117. The molecule has 0 aliphatic rings. The van der Waals surface area contributed by atoms with E-state index >= 15 is 0 Å². The minimum Gasteiger partial charge on any atom is -0.379 e. The number of carbonyl (C=O) groups is 1. The Bertz CT molecular complexity index is 530. The van der Waals surface area contributed by atoms with Gasteiger partial charge in [0.25, 0.3) is 0 Å². The maximum absolute atomic E-state index is 10.8. The molecule has 2 rings (SSSR count). The highest BCUT2D eigenvalue weighted by Gasteiger charge is 2.01. The van der Waals surface area contributed by atoms with Crippen molar-refractivity contribution in [1.29, 1.82) is 0 Å². The molecule has 0 spiro atoms. The van der Waals surface area contributed by atoms with E-state index in [0.717, 1.165) is 22.6 Å². The minimum absolute atomic E-state index is 0.277. The maximum atomic E-state index is 10.8. The van der Waals surface area contributed by atoms with Gasteiger partial charge in [0, 0.05) is 11.4 Å². The van der Waals surface area contributed by atoms with Crippen LogP contribution in [0.5, 0.6) is 0 Å². The van der Waals surface area contributed by atoms with Gasteiger partial charge in [-0.2, -0.15) is 0 Å². The highest BCUT2D eigenvalue weighted by atomic mass is 16.1. The number of amides is 1. The number of anilines is 1. The molecule has 0 saturated carbocycles. The fraction of sp³-hybridized carbons (Fsp3) is 0.231. The number of primary amides is 1. The average molecular weight is 244 g/mol. The second-order valence-electron chi connectivity index (χ2n) is 4.17. The molecule has 2 aromatic rings. The number of hydrogen-bond donors (Lipinski definition) is 3. The summed E-state index contributed by atoms with van der Waals surface area (Å²) in [7, 11) is 0. The zero-order chi connectivity index (χ0) is 13.0. The predicted molar refractivity (Wildman–Crippen MR) is 70.0 cm³/mol. The van der Waals surface area contributed by atoms with Crippen molar-refractivity contribution >= 4 is 11.6 Å². The van der Waals surface area contributed by atoms with Crippen LogP contribution in [0.3, 0.4) is 0 Å². The quantitative estimate of drug-likeness (QED) is 0.742. The zero-order valence-electron chi connectivity index (χ0n) is 10.2. The highest BCUT2D eigenvalue weighted by molar-refractivity contribution is 5.76. The SMILES string of the molecule is Cc1[nH]cnc1CNc1ccc(CC(N)=O)cc1. The molecule has 0 unspecified atom stereocenters. The summed E-state index contributed by atoms with van der Waals surface area (Å²) in [6.07, 6.45) is 1.96. The van der Waals surface area contributed by atoms with Crippen molar-refractivity contribution in [3.8, 4) is 0 Å². The van der Waals surface area contributed by atoms with E-state index in [1.165, 1.54) is 0 Å². The van der Waals surface area contributed by atoms with Gasteiger partial charge in [-0.05, 0) is 24.6 Å². The molecule has 5 heteroatoms. The molecule has 0 bridgehead atoms. The lowest BCUT2D eigenvalue weighted by Gasteiger charge is -2.06. The number of nitrogens with zero attached hydrogens (tertiary/aromatic N) is 1. The fourth-order valence-electron chi connectivity index (χ4n) is 1.69. The Hall–Kier alpha value is -2.30. The van der Waals surface area contributed by atoms with Crippen LogP contribution in [0.15, 0.2) is 30.6 Å². The summed E-state index contributed by atoms with van der Waals surface area (Å²) in [6, 6.07) is 7.65. The molecule has 4 N–H and O–H groups in total. The van der Waals surface area contributed by atoms with Gasteiger partial charge in [-0.25, -0.2) is 4.98 Å². The Morgan fingerprint density at radius 3 is 2.67 bits per heavy atom. The van der Waals surface area contributed by atoms with E-state index in [4.69, 9.17) is 5.73 Å². The van der Waals surface area contributed by atoms with Crippen LogP contribution in [0.1, 0.15) is 17.0 Å². The summed E-state index contributed by atoms with van der Waals surface area (Å²) in [5, 5.41) is 3.27. The number of imidazole rings is 1. The third kappa shape index (κ3) is 3.10. The number of benzene rings is 1. The Labute approximate surface area is 105 Å². The second-order valence-corrected chi connectivity index (χ2v) is 4.17. The van der Waals surface area contributed by atoms with E-state index in [-0.39, 0.29) is 12.3 Å². The van der Waals surface area contributed by atoms with Gasteiger partial charge in [0.2, 0.25) is 5.91 Å². The van der Waals surface area contributed by atoms with E-state index in [2.05, 4.69) is 15.3 Å². The molecule has 1 heterocycles. The Morgan fingerprint density at radius 1 is 1.39 bits per heavy atom. The second kappa shape index (κ2) is 5.35. The van der Waals surface area contributed by atoms with Crippen molar-refractivity contribution in [2.75, 3.05) is 5.32 Å². The number of aromatic amines is 1. The number of H-pyrrole nitrogens is 1. The molecule has 18 heavy (non-hydrogen) atoms. The van der Waals surface area contributed by atoms with Crippen molar-refractivity contribution in [2.45, 2.75) is 19.9 Å². The lowest BCUT2D eigenvalue weighted by atomic mass is 10.1. The molecule has 0 aliphatic heterocycles. The van der Waals surface area contributed by atoms with E-state index in [1.54, 1.807) is 6.33 Å². The van der Waals surface area contributed by atoms with Crippen LogP contribution in [0, 0.1) is 6.92 Å². The van der Waals surface area contributed by atoms with E-state index in [0.29, 0.717) is 6.54 Å². The number of aryl methyl sites for hydroxylation is 1. The van der Waals surface area contributed by atoms with Crippen molar-refractivity contribution < 1.29 is 4.79 Å². The first-order chi connectivity index (χ1) is 8.65. The molecule has 1 amide bonds. The third-order valence-corrected chi connectivity index (χ3v) is 2.73. The predicted octanol–water partition coefficient (Wildman–Crippen LogP) is 1.36. The van der Waals surface area contributed by atoms with Crippen LogP contribution in [-0.4, -0.2) is 15.9 Å². The van der Waals surface area contributed by atoms with Gasteiger partial charge < -0.3 is 16.0 Å². The minimum atomic E-state index is -0.317. The molecule has 0 fully saturated rings.